The Kier molecular flexibility index (Phi) is 4.40. The maximum atomic E-state index is 12.1. The molecule has 0 atom stereocenters. The molecule has 0 aliphatic rings. The molecule has 21 heavy (non-hydrogen) atoms. The number of halogens is 2. The van der Waals surface area contributed by atoms with E-state index in [1.165, 1.54) is 12.3 Å². The summed E-state index contributed by atoms with van der Waals surface area (Å²) in [6.07, 6.45) is 1.49. The molecule has 0 aliphatic heterocycles. The summed E-state index contributed by atoms with van der Waals surface area (Å²) in [5, 5.41) is 13.2. The molecule has 0 bridgehead atoms. The molecule has 6 nitrogen and oxygen atoms in total. The van der Waals surface area contributed by atoms with Crippen LogP contribution in [0.5, 0.6) is 0 Å². The minimum atomic E-state index is -0.696. The Morgan fingerprint density at radius 3 is 2.62 bits per heavy atom. The van der Waals surface area contributed by atoms with Gasteiger partial charge in [0.25, 0.3) is 11.6 Å². The molecule has 1 N–H and O–H groups in total. The van der Waals surface area contributed by atoms with Crippen LogP contribution in [0.15, 0.2) is 30.5 Å². The number of hydrogen-bond donors (Lipinski definition) is 1. The van der Waals surface area contributed by atoms with Crippen LogP contribution in [0.4, 0.5) is 11.4 Å². The van der Waals surface area contributed by atoms with Crippen molar-refractivity contribution in [3.8, 4) is 0 Å². The van der Waals surface area contributed by atoms with Crippen molar-refractivity contribution in [2.24, 2.45) is 0 Å². The molecule has 2 aromatic rings. The van der Waals surface area contributed by atoms with E-state index in [-0.39, 0.29) is 15.6 Å². The Hall–Kier alpha value is -2.18. The Labute approximate surface area is 129 Å². The van der Waals surface area contributed by atoms with E-state index in [4.69, 9.17) is 23.2 Å². The van der Waals surface area contributed by atoms with Crippen molar-refractivity contribution in [3.63, 3.8) is 0 Å². The number of benzene rings is 1. The van der Waals surface area contributed by atoms with Gasteiger partial charge in [0, 0.05) is 17.3 Å². The van der Waals surface area contributed by atoms with Gasteiger partial charge in [-0.15, -0.1) is 0 Å². The van der Waals surface area contributed by atoms with E-state index in [2.05, 4.69) is 10.3 Å². The summed E-state index contributed by atoms with van der Waals surface area (Å²) in [6, 6.07) is 5.75. The lowest BCUT2D eigenvalue weighted by atomic mass is 10.2. The Morgan fingerprint density at radius 1 is 1.33 bits per heavy atom. The van der Waals surface area contributed by atoms with E-state index < -0.39 is 16.5 Å². The first kappa shape index (κ1) is 15.2. The number of nitro benzene ring substituents is 1. The minimum absolute atomic E-state index is 0.0386. The number of anilines is 1. The third-order valence-electron chi connectivity index (χ3n) is 2.64. The maximum absolute atomic E-state index is 12.1. The first-order valence-corrected chi connectivity index (χ1v) is 6.51. The van der Waals surface area contributed by atoms with Gasteiger partial charge in [-0.1, -0.05) is 23.2 Å². The van der Waals surface area contributed by atoms with Gasteiger partial charge in [0.15, 0.2) is 0 Å². The summed E-state index contributed by atoms with van der Waals surface area (Å²) >= 11 is 11.5. The van der Waals surface area contributed by atoms with E-state index >= 15 is 0 Å². The molecule has 0 fully saturated rings. The van der Waals surface area contributed by atoms with Crippen LogP contribution in [0.3, 0.4) is 0 Å². The van der Waals surface area contributed by atoms with Gasteiger partial charge in [-0.2, -0.15) is 0 Å². The average Bonchev–Trinajstić information content (AvgIpc) is 2.43. The van der Waals surface area contributed by atoms with Gasteiger partial charge in [-0.05, 0) is 25.1 Å². The summed E-state index contributed by atoms with van der Waals surface area (Å²) in [5.41, 5.74) is 0.894. The highest BCUT2D eigenvalue weighted by atomic mass is 35.5. The number of nitrogens with one attached hydrogen (secondary N) is 1. The number of pyridine rings is 1. The van der Waals surface area contributed by atoms with Crippen molar-refractivity contribution in [1.82, 2.24) is 4.98 Å². The summed E-state index contributed by atoms with van der Waals surface area (Å²) in [5.74, 6) is -0.540. The lowest BCUT2D eigenvalue weighted by molar-refractivity contribution is -0.384. The predicted molar refractivity (Wildman–Crippen MR) is 80.0 cm³/mol. The average molecular weight is 326 g/mol. The molecular formula is C13H9Cl2N3O3. The number of aromatic nitrogens is 1. The van der Waals surface area contributed by atoms with Crippen LogP contribution < -0.4 is 5.32 Å². The highest BCUT2D eigenvalue weighted by molar-refractivity contribution is 6.43. The molecule has 0 unspecified atom stereocenters. The lowest BCUT2D eigenvalue weighted by Crippen LogP contribution is -2.12. The van der Waals surface area contributed by atoms with E-state index in [0.717, 1.165) is 11.8 Å². The fourth-order valence-electron chi connectivity index (χ4n) is 1.58. The molecule has 0 spiro atoms. The number of carbonyl (C=O) groups excluding carboxylic acids is 1. The summed E-state index contributed by atoms with van der Waals surface area (Å²) in [4.78, 5) is 26.3. The molecule has 0 saturated heterocycles. The van der Waals surface area contributed by atoms with E-state index in [0.29, 0.717) is 5.69 Å². The van der Waals surface area contributed by atoms with Gasteiger partial charge in [-0.3, -0.25) is 19.9 Å². The highest BCUT2D eigenvalue weighted by Gasteiger charge is 2.20. The van der Waals surface area contributed by atoms with Crippen LogP contribution in [-0.2, 0) is 0 Å². The molecule has 0 saturated carbocycles. The number of aryl methyl sites for hydroxylation is 1. The smallest absolute Gasteiger partial charge is 0.290 e. The van der Waals surface area contributed by atoms with Crippen LogP contribution in [-0.4, -0.2) is 15.8 Å². The standard InChI is InChI=1S/C13H9Cl2N3O3/c1-7-2-3-9(6-16-7)17-13(19)8-4-10(14)12(15)11(5-8)18(20)21/h2-6H,1H3,(H,17,19). The van der Waals surface area contributed by atoms with Crippen molar-refractivity contribution < 1.29 is 9.72 Å². The van der Waals surface area contributed by atoms with Crippen molar-refractivity contribution >= 4 is 40.5 Å². The first-order valence-electron chi connectivity index (χ1n) is 5.76. The molecule has 1 amide bonds. The molecule has 0 radical (unpaired) electrons. The van der Waals surface area contributed by atoms with E-state index in [1.807, 2.05) is 6.92 Å². The molecule has 8 heteroatoms. The summed E-state index contributed by atoms with van der Waals surface area (Å²) in [6.45, 7) is 1.81. The molecule has 2 rings (SSSR count). The highest BCUT2D eigenvalue weighted by Crippen LogP contribution is 2.33. The van der Waals surface area contributed by atoms with Crippen molar-refractivity contribution in [3.05, 3.63) is 61.9 Å². The number of rotatable bonds is 3. The zero-order valence-corrected chi connectivity index (χ0v) is 12.3. The van der Waals surface area contributed by atoms with Gasteiger partial charge in [0.05, 0.1) is 21.8 Å². The van der Waals surface area contributed by atoms with Crippen molar-refractivity contribution in [2.75, 3.05) is 5.32 Å². The second-order valence-electron chi connectivity index (χ2n) is 4.19. The third kappa shape index (κ3) is 3.48. The van der Waals surface area contributed by atoms with Crippen molar-refractivity contribution in [1.29, 1.82) is 0 Å². The largest absolute Gasteiger partial charge is 0.321 e. The van der Waals surface area contributed by atoms with E-state index in [9.17, 15) is 14.9 Å². The van der Waals surface area contributed by atoms with Crippen LogP contribution in [0, 0.1) is 17.0 Å². The second kappa shape index (κ2) is 6.07. The SMILES string of the molecule is Cc1ccc(NC(=O)c2cc(Cl)c(Cl)c([N+](=O)[O-])c2)cn1. The van der Waals surface area contributed by atoms with Gasteiger partial charge >= 0.3 is 0 Å². The third-order valence-corrected chi connectivity index (χ3v) is 3.43. The fourth-order valence-corrected chi connectivity index (χ4v) is 1.98. The number of nitrogens with zero attached hydrogens (tertiary/aromatic N) is 2. The first-order chi connectivity index (χ1) is 9.88. The van der Waals surface area contributed by atoms with Crippen molar-refractivity contribution in [2.45, 2.75) is 6.92 Å². The van der Waals surface area contributed by atoms with Gasteiger partial charge in [-0.25, -0.2) is 0 Å². The summed E-state index contributed by atoms with van der Waals surface area (Å²) in [7, 11) is 0. The zero-order valence-electron chi connectivity index (χ0n) is 10.8. The topological polar surface area (TPSA) is 85.1 Å². The Bertz CT molecular complexity index is 717. The Morgan fingerprint density at radius 2 is 2.05 bits per heavy atom. The summed E-state index contributed by atoms with van der Waals surface area (Å²) < 4.78 is 0. The molecule has 0 aliphatic carbocycles. The number of carbonyl (C=O) groups is 1. The minimum Gasteiger partial charge on any atom is -0.321 e. The monoisotopic (exact) mass is 325 g/mol. The number of hydrogen-bond acceptors (Lipinski definition) is 4. The quantitative estimate of drug-likeness (QED) is 0.685. The second-order valence-corrected chi connectivity index (χ2v) is 4.98. The number of amides is 1. The lowest BCUT2D eigenvalue weighted by Gasteiger charge is -2.06. The number of nitro groups is 1. The van der Waals surface area contributed by atoms with Gasteiger partial charge in [0.1, 0.15) is 5.02 Å². The molecule has 1 aromatic carbocycles. The van der Waals surface area contributed by atoms with E-state index in [1.54, 1.807) is 12.1 Å². The molecule has 1 heterocycles. The fraction of sp³-hybridized carbons (Fsp3) is 0.0769. The molecule has 108 valence electrons. The maximum Gasteiger partial charge on any atom is 0.290 e. The van der Waals surface area contributed by atoms with Gasteiger partial charge < -0.3 is 5.32 Å². The molecular weight excluding hydrogens is 317 g/mol. The zero-order chi connectivity index (χ0) is 15.6. The van der Waals surface area contributed by atoms with Crippen LogP contribution in [0.1, 0.15) is 16.1 Å². The van der Waals surface area contributed by atoms with Crippen LogP contribution in [0.25, 0.3) is 0 Å². The normalized spacial score (nSPS) is 10.2. The molecule has 1 aromatic heterocycles. The Balaban J connectivity index is 2.31. The van der Waals surface area contributed by atoms with Crippen LogP contribution >= 0.6 is 23.2 Å². The van der Waals surface area contributed by atoms with Crippen LogP contribution in [0.2, 0.25) is 10.0 Å². The van der Waals surface area contributed by atoms with Gasteiger partial charge in [0.2, 0.25) is 0 Å². The predicted octanol–water partition coefficient (Wildman–Crippen LogP) is 3.86.